The van der Waals surface area contributed by atoms with Gasteiger partial charge in [0.2, 0.25) is 0 Å². The van der Waals surface area contributed by atoms with Gasteiger partial charge >= 0.3 is 0 Å². The molecule has 1 aromatic heterocycles. The second-order valence-electron chi connectivity index (χ2n) is 7.55. The summed E-state index contributed by atoms with van der Waals surface area (Å²) in [4.78, 5) is 7.32. The van der Waals surface area contributed by atoms with E-state index in [1.54, 1.807) is 12.1 Å². The maximum Gasteiger partial charge on any atom is 0.158 e. The quantitative estimate of drug-likeness (QED) is 0.772. The Morgan fingerprint density at radius 1 is 0.889 bits per heavy atom. The molecular formula is C21H24FN5. The Balaban J connectivity index is 1.14. The summed E-state index contributed by atoms with van der Waals surface area (Å²) in [5, 5.41) is 8.86. The molecule has 27 heavy (non-hydrogen) atoms. The SMILES string of the molecule is Fc1ccc2c(c1)CN(CCN1CCN(c3n[nH]c4ccccc34)CC1)C2. The Bertz CT molecular complexity index is 945. The lowest BCUT2D eigenvalue weighted by molar-refractivity contribution is 0.197. The lowest BCUT2D eigenvalue weighted by atomic mass is 10.1. The van der Waals surface area contributed by atoms with Crippen molar-refractivity contribution >= 4 is 16.7 Å². The lowest BCUT2D eigenvalue weighted by Crippen LogP contribution is -2.48. The highest BCUT2D eigenvalue weighted by molar-refractivity contribution is 5.90. The number of para-hydroxylation sites is 1. The normalized spacial score (nSPS) is 18.3. The predicted octanol–water partition coefficient (Wildman–Crippen LogP) is 2.84. The van der Waals surface area contributed by atoms with E-state index in [0.717, 1.165) is 69.3 Å². The number of piperazine rings is 1. The highest BCUT2D eigenvalue weighted by atomic mass is 19.1. The van der Waals surface area contributed by atoms with Crippen molar-refractivity contribution in [1.82, 2.24) is 20.0 Å². The highest BCUT2D eigenvalue weighted by Gasteiger charge is 2.23. The van der Waals surface area contributed by atoms with Gasteiger partial charge in [-0.1, -0.05) is 18.2 Å². The van der Waals surface area contributed by atoms with E-state index in [2.05, 4.69) is 43.1 Å². The van der Waals surface area contributed by atoms with Crippen LogP contribution in [0.1, 0.15) is 11.1 Å². The number of halogens is 1. The fraction of sp³-hybridized carbons (Fsp3) is 0.381. The van der Waals surface area contributed by atoms with Crippen LogP contribution in [0.4, 0.5) is 10.2 Å². The first-order valence-corrected chi connectivity index (χ1v) is 9.66. The number of aromatic amines is 1. The summed E-state index contributed by atoms with van der Waals surface area (Å²) in [7, 11) is 0. The van der Waals surface area contributed by atoms with Crippen molar-refractivity contribution in [3.8, 4) is 0 Å². The number of benzene rings is 2. The summed E-state index contributed by atoms with van der Waals surface area (Å²) in [6.45, 7) is 8.00. The number of fused-ring (bicyclic) bond motifs is 2. The van der Waals surface area contributed by atoms with Gasteiger partial charge in [-0.3, -0.25) is 14.9 Å². The Morgan fingerprint density at radius 2 is 1.67 bits per heavy atom. The summed E-state index contributed by atoms with van der Waals surface area (Å²) in [6, 6.07) is 13.5. The van der Waals surface area contributed by atoms with Gasteiger partial charge in [-0.15, -0.1) is 0 Å². The molecule has 0 amide bonds. The van der Waals surface area contributed by atoms with E-state index in [0.29, 0.717) is 0 Å². The van der Waals surface area contributed by atoms with E-state index in [-0.39, 0.29) is 5.82 Å². The molecule has 2 aromatic carbocycles. The van der Waals surface area contributed by atoms with Gasteiger partial charge in [0.25, 0.3) is 0 Å². The molecule has 140 valence electrons. The summed E-state index contributed by atoms with van der Waals surface area (Å²) in [6.07, 6.45) is 0. The Morgan fingerprint density at radius 3 is 2.56 bits per heavy atom. The van der Waals surface area contributed by atoms with Crippen molar-refractivity contribution in [3.05, 3.63) is 59.4 Å². The molecule has 0 atom stereocenters. The van der Waals surface area contributed by atoms with E-state index in [1.807, 2.05) is 12.1 Å². The number of aromatic nitrogens is 2. The van der Waals surface area contributed by atoms with E-state index in [1.165, 1.54) is 10.9 Å². The third-order valence-corrected chi connectivity index (χ3v) is 5.81. The summed E-state index contributed by atoms with van der Waals surface area (Å²) in [5.74, 6) is 0.944. The van der Waals surface area contributed by atoms with Gasteiger partial charge in [-0.2, -0.15) is 5.10 Å². The fourth-order valence-corrected chi connectivity index (χ4v) is 4.25. The molecule has 0 radical (unpaired) electrons. The zero-order chi connectivity index (χ0) is 18.2. The van der Waals surface area contributed by atoms with Gasteiger partial charge in [0.1, 0.15) is 5.82 Å². The van der Waals surface area contributed by atoms with Crippen molar-refractivity contribution in [1.29, 1.82) is 0 Å². The average molecular weight is 365 g/mol. The van der Waals surface area contributed by atoms with E-state index in [4.69, 9.17) is 0 Å². The van der Waals surface area contributed by atoms with E-state index in [9.17, 15) is 4.39 Å². The summed E-state index contributed by atoms with van der Waals surface area (Å²) >= 11 is 0. The Labute approximate surface area is 158 Å². The molecule has 0 unspecified atom stereocenters. The minimum Gasteiger partial charge on any atom is -0.352 e. The maximum atomic E-state index is 13.4. The van der Waals surface area contributed by atoms with Crippen LogP contribution in [0.2, 0.25) is 0 Å². The topological polar surface area (TPSA) is 38.4 Å². The molecule has 2 aliphatic rings. The molecule has 0 aliphatic carbocycles. The standard InChI is InChI=1S/C21H24FN5/c22-18-6-5-16-14-26(15-17(16)13-18)8-7-25-9-11-27(12-10-25)21-19-3-1-2-4-20(19)23-24-21/h1-6,13H,7-12,14-15H2,(H,23,24). The summed E-state index contributed by atoms with van der Waals surface area (Å²) < 4.78 is 13.4. The van der Waals surface area contributed by atoms with Crippen LogP contribution in [-0.4, -0.2) is 59.3 Å². The monoisotopic (exact) mass is 365 g/mol. The second-order valence-corrected chi connectivity index (χ2v) is 7.55. The smallest absolute Gasteiger partial charge is 0.158 e. The third-order valence-electron chi connectivity index (χ3n) is 5.81. The third kappa shape index (κ3) is 3.31. The number of hydrogen-bond donors (Lipinski definition) is 1. The first-order chi connectivity index (χ1) is 13.3. The predicted molar refractivity (Wildman–Crippen MR) is 105 cm³/mol. The van der Waals surface area contributed by atoms with Crippen LogP contribution < -0.4 is 4.90 Å². The molecule has 2 aliphatic heterocycles. The molecule has 3 aromatic rings. The van der Waals surface area contributed by atoms with Gasteiger partial charge in [0, 0.05) is 57.7 Å². The number of hydrogen-bond acceptors (Lipinski definition) is 4. The molecular weight excluding hydrogens is 341 g/mol. The molecule has 0 saturated carbocycles. The molecule has 0 bridgehead atoms. The first-order valence-electron chi connectivity index (χ1n) is 9.66. The number of nitrogens with zero attached hydrogens (tertiary/aromatic N) is 4. The van der Waals surface area contributed by atoms with Crippen molar-refractivity contribution < 1.29 is 4.39 Å². The molecule has 1 fully saturated rings. The van der Waals surface area contributed by atoms with Gasteiger partial charge in [-0.25, -0.2) is 4.39 Å². The zero-order valence-corrected chi connectivity index (χ0v) is 15.4. The average Bonchev–Trinajstić information content (AvgIpc) is 3.30. The minimum absolute atomic E-state index is 0.127. The Hall–Kier alpha value is -2.44. The van der Waals surface area contributed by atoms with Gasteiger partial charge in [0.05, 0.1) is 5.52 Å². The van der Waals surface area contributed by atoms with Crippen molar-refractivity contribution in [2.24, 2.45) is 0 Å². The molecule has 1 saturated heterocycles. The molecule has 3 heterocycles. The van der Waals surface area contributed by atoms with Crippen LogP contribution in [-0.2, 0) is 13.1 Å². The molecule has 6 heteroatoms. The second kappa shape index (κ2) is 6.94. The zero-order valence-electron chi connectivity index (χ0n) is 15.4. The molecule has 5 rings (SSSR count). The van der Waals surface area contributed by atoms with Crippen LogP contribution in [0, 0.1) is 5.82 Å². The first kappa shape index (κ1) is 16.7. The largest absolute Gasteiger partial charge is 0.352 e. The van der Waals surface area contributed by atoms with Crippen molar-refractivity contribution in [2.75, 3.05) is 44.2 Å². The summed E-state index contributed by atoms with van der Waals surface area (Å²) in [5.41, 5.74) is 3.51. The van der Waals surface area contributed by atoms with E-state index >= 15 is 0 Å². The number of anilines is 1. The Kier molecular flexibility index (Phi) is 4.30. The van der Waals surface area contributed by atoms with Gasteiger partial charge < -0.3 is 4.90 Å². The van der Waals surface area contributed by atoms with E-state index < -0.39 is 0 Å². The molecule has 5 nitrogen and oxygen atoms in total. The fourth-order valence-electron chi connectivity index (χ4n) is 4.25. The van der Waals surface area contributed by atoms with Crippen LogP contribution in [0.5, 0.6) is 0 Å². The lowest BCUT2D eigenvalue weighted by Gasteiger charge is -2.35. The minimum atomic E-state index is -0.127. The molecule has 0 spiro atoms. The van der Waals surface area contributed by atoms with Gasteiger partial charge in [-0.05, 0) is 35.4 Å². The van der Waals surface area contributed by atoms with Gasteiger partial charge in [0.15, 0.2) is 5.82 Å². The number of rotatable bonds is 4. The van der Waals surface area contributed by atoms with Crippen LogP contribution in [0.25, 0.3) is 10.9 Å². The number of nitrogens with one attached hydrogen (secondary N) is 1. The van der Waals surface area contributed by atoms with Crippen molar-refractivity contribution in [3.63, 3.8) is 0 Å². The highest BCUT2D eigenvalue weighted by Crippen LogP contribution is 2.25. The van der Waals surface area contributed by atoms with Crippen LogP contribution >= 0.6 is 0 Å². The van der Waals surface area contributed by atoms with Crippen LogP contribution in [0.3, 0.4) is 0 Å². The maximum absolute atomic E-state index is 13.4. The van der Waals surface area contributed by atoms with Crippen LogP contribution in [0.15, 0.2) is 42.5 Å². The van der Waals surface area contributed by atoms with Crippen molar-refractivity contribution in [2.45, 2.75) is 13.1 Å². The molecule has 1 N–H and O–H groups in total. The number of H-pyrrole nitrogens is 1.